The Bertz CT molecular complexity index is 2080. The SMILES string of the molecule is COC[C@@H]1C[C@@H](C)CC/C=C\[C@@H]2C[C@@]2(C(=O)NS(=O)(=O)C2(C)CC2)NC(=O)[C@@H]2C[C@@H](Oc3nc4cc(OC)c(F)cc4nc3C(F)(F)F)CN2C(=O)[C@H]1NC(=O)O. The van der Waals surface area contributed by atoms with Crippen molar-refractivity contribution in [3.05, 3.63) is 35.8 Å². The molecule has 1 saturated heterocycles. The number of nitrogens with zero attached hydrogens (tertiary/aromatic N) is 3. The molecule has 16 nitrogen and oxygen atoms in total. The summed E-state index contributed by atoms with van der Waals surface area (Å²) in [6, 6.07) is -1.32. The van der Waals surface area contributed by atoms with Crippen molar-refractivity contribution in [2.75, 3.05) is 27.4 Å². The quantitative estimate of drug-likeness (QED) is 0.212. The van der Waals surface area contributed by atoms with Crippen LogP contribution in [0.15, 0.2) is 24.3 Å². The summed E-state index contributed by atoms with van der Waals surface area (Å²) in [5, 5.41) is 14.7. The van der Waals surface area contributed by atoms with Crippen LogP contribution in [-0.2, 0) is 35.3 Å². The normalized spacial score (nSPS) is 29.5. The fraction of sp³-hybridized carbons (Fsp3) is 0.611. The summed E-state index contributed by atoms with van der Waals surface area (Å²) < 4.78 is 101. The van der Waals surface area contributed by atoms with E-state index >= 15 is 0 Å². The van der Waals surface area contributed by atoms with Crippen LogP contribution in [0.1, 0.15) is 64.5 Å². The Morgan fingerprint density at radius 1 is 1.12 bits per heavy atom. The van der Waals surface area contributed by atoms with Gasteiger partial charge in [0.05, 0.1) is 36.0 Å². The van der Waals surface area contributed by atoms with Gasteiger partial charge in [-0.05, 0) is 51.4 Å². The van der Waals surface area contributed by atoms with E-state index in [1.165, 1.54) is 14.0 Å². The van der Waals surface area contributed by atoms with E-state index in [0.29, 0.717) is 38.2 Å². The molecule has 2 saturated carbocycles. The molecule has 312 valence electrons. The highest BCUT2D eigenvalue weighted by Crippen LogP contribution is 2.48. The smallest absolute Gasteiger partial charge is 0.438 e. The zero-order valence-corrected chi connectivity index (χ0v) is 32.3. The summed E-state index contributed by atoms with van der Waals surface area (Å²) in [6.07, 6.45) is -3.02. The van der Waals surface area contributed by atoms with Crippen molar-refractivity contribution in [2.45, 2.75) is 93.4 Å². The van der Waals surface area contributed by atoms with Crippen LogP contribution in [0.5, 0.6) is 11.6 Å². The van der Waals surface area contributed by atoms with E-state index in [1.54, 1.807) is 12.2 Å². The molecule has 2 aliphatic carbocycles. The highest BCUT2D eigenvalue weighted by Gasteiger charge is 2.63. The Morgan fingerprint density at radius 3 is 2.46 bits per heavy atom. The molecule has 0 radical (unpaired) electrons. The van der Waals surface area contributed by atoms with Gasteiger partial charge in [-0.3, -0.25) is 19.1 Å². The van der Waals surface area contributed by atoms with E-state index in [-0.39, 0.29) is 30.2 Å². The third kappa shape index (κ3) is 8.58. The minimum Gasteiger partial charge on any atom is -0.494 e. The summed E-state index contributed by atoms with van der Waals surface area (Å²) in [4.78, 5) is 63.3. The molecule has 0 bridgehead atoms. The number of aromatic nitrogens is 2. The Balaban J connectivity index is 1.39. The molecular weight excluding hydrogens is 784 g/mol. The van der Waals surface area contributed by atoms with Crippen molar-refractivity contribution in [1.29, 1.82) is 0 Å². The Morgan fingerprint density at radius 2 is 1.82 bits per heavy atom. The molecule has 0 spiro atoms. The summed E-state index contributed by atoms with van der Waals surface area (Å²) in [5.41, 5.74) is -4.06. The number of carbonyl (C=O) groups is 4. The van der Waals surface area contributed by atoms with Crippen LogP contribution in [0.25, 0.3) is 11.0 Å². The molecule has 6 rings (SSSR count). The van der Waals surface area contributed by atoms with Crippen molar-refractivity contribution in [1.82, 2.24) is 30.2 Å². The van der Waals surface area contributed by atoms with Crippen LogP contribution in [0.3, 0.4) is 0 Å². The summed E-state index contributed by atoms with van der Waals surface area (Å²) in [6.45, 7) is 2.75. The highest BCUT2D eigenvalue weighted by atomic mass is 32.2. The third-order valence-corrected chi connectivity index (χ3v) is 13.4. The van der Waals surface area contributed by atoms with Gasteiger partial charge in [-0.25, -0.2) is 27.6 Å². The second-order valence-electron chi connectivity index (χ2n) is 15.5. The standard InChI is InChI=1S/C36H44F4N6O10S/c1-18-7-5-6-8-20-15-35(20,32(49)45-57(52,53)34(2)9-10-34)44-29(47)25-12-21(16-46(25)31(48)27(43-33(50)51)19(11-18)17-54-3)56-30-28(36(38,39)40)41-23-13-22(37)26(55-4)14-24(23)42-30/h6,8,13-14,18-21,25,27,43H,5,7,9-12,15-17H2,1-4H3,(H,44,47)(H,45,49)(H,50,51)/b8-6-/t18-,19-,20+,21+,25-,27-,35+/m0/s1. The molecule has 7 atom stereocenters. The van der Waals surface area contributed by atoms with Gasteiger partial charge in [-0.15, -0.1) is 0 Å². The number of allylic oxidation sites excluding steroid dienone is 1. The second kappa shape index (κ2) is 15.5. The molecule has 4 aliphatic rings. The number of hydrogen-bond acceptors (Lipinski definition) is 11. The maximum absolute atomic E-state index is 14.5. The van der Waals surface area contributed by atoms with E-state index in [2.05, 4.69) is 25.3 Å². The second-order valence-corrected chi connectivity index (χ2v) is 17.7. The van der Waals surface area contributed by atoms with Gasteiger partial charge in [0.2, 0.25) is 33.4 Å². The summed E-state index contributed by atoms with van der Waals surface area (Å²) in [5.74, 6) is -6.73. The van der Waals surface area contributed by atoms with Gasteiger partial charge in [0.1, 0.15) is 23.7 Å². The molecular formula is C36H44F4N6O10S. The fourth-order valence-corrected chi connectivity index (χ4v) is 8.86. The molecule has 2 aromatic rings. The van der Waals surface area contributed by atoms with Gasteiger partial charge in [0, 0.05) is 37.5 Å². The zero-order valence-electron chi connectivity index (χ0n) is 31.5. The van der Waals surface area contributed by atoms with Crippen molar-refractivity contribution in [3.8, 4) is 11.6 Å². The summed E-state index contributed by atoms with van der Waals surface area (Å²) >= 11 is 0. The zero-order chi connectivity index (χ0) is 41.7. The molecule has 4 N–H and O–H groups in total. The van der Waals surface area contributed by atoms with Crippen LogP contribution < -0.4 is 24.8 Å². The monoisotopic (exact) mass is 828 g/mol. The van der Waals surface area contributed by atoms with Crippen LogP contribution in [-0.4, -0.2) is 108 Å². The van der Waals surface area contributed by atoms with Gasteiger partial charge in [-0.1, -0.05) is 19.1 Å². The summed E-state index contributed by atoms with van der Waals surface area (Å²) in [7, 11) is -1.63. The number of benzene rings is 1. The molecule has 1 aromatic heterocycles. The van der Waals surface area contributed by atoms with Gasteiger partial charge in [0.25, 0.3) is 5.91 Å². The van der Waals surface area contributed by atoms with Gasteiger partial charge < -0.3 is 34.9 Å². The van der Waals surface area contributed by atoms with Crippen LogP contribution in [0, 0.1) is 23.6 Å². The van der Waals surface area contributed by atoms with Gasteiger partial charge in [-0.2, -0.15) is 13.2 Å². The average Bonchev–Trinajstić information content (AvgIpc) is 4.01. The van der Waals surface area contributed by atoms with Crippen LogP contribution in [0.4, 0.5) is 22.4 Å². The molecule has 4 amide bonds. The van der Waals surface area contributed by atoms with E-state index in [1.807, 2.05) is 6.92 Å². The van der Waals surface area contributed by atoms with Gasteiger partial charge in [0.15, 0.2) is 11.6 Å². The maximum Gasteiger partial charge on any atom is 0.438 e. The minimum absolute atomic E-state index is 0.00818. The molecule has 57 heavy (non-hydrogen) atoms. The molecule has 2 aliphatic heterocycles. The number of hydrogen-bond donors (Lipinski definition) is 4. The topological polar surface area (TPSA) is 215 Å². The predicted octanol–water partition coefficient (Wildman–Crippen LogP) is 3.29. The number of amides is 4. The van der Waals surface area contributed by atoms with E-state index < -0.39 is 116 Å². The number of carboxylic acid groups (broad SMARTS) is 1. The third-order valence-electron chi connectivity index (χ3n) is 11.2. The lowest BCUT2D eigenvalue weighted by Gasteiger charge is -2.33. The average molecular weight is 829 g/mol. The van der Waals surface area contributed by atoms with Crippen molar-refractivity contribution < 1.29 is 64.5 Å². The fourth-order valence-electron chi connectivity index (χ4n) is 7.55. The highest BCUT2D eigenvalue weighted by molar-refractivity contribution is 7.91. The predicted molar refractivity (Wildman–Crippen MR) is 192 cm³/mol. The van der Waals surface area contributed by atoms with Crippen molar-refractivity contribution in [2.24, 2.45) is 17.8 Å². The minimum atomic E-state index is -5.16. The number of alkyl halides is 3. The Hall–Kier alpha value is -4.79. The van der Waals surface area contributed by atoms with E-state index in [4.69, 9.17) is 14.2 Å². The van der Waals surface area contributed by atoms with Crippen LogP contribution >= 0.6 is 0 Å². The van der Waals surface area contributed by atoms with E-state index in [9.17, 15) is 50.3 Å². The first kappa shape index (κ1) is 41.8. The molecule has 3 fully saturated rings. The van der Waals surface area contributed by atoms with Gasteiger partial charge >= 0.3 is 12.3 Å². The van der Waals surface area contributed by atoms with E-state index in [0.717, 1.165) is 18.1 Å². The first-order valence-corrected chi connectivity index (χ1v) is 19.8. The number of halogens is 4. The first-order valence-electron chi connectivity index (χ1n) is 18.4. The lowest BCUT2D eigenvalue weighted by Crippen LogP contribution is -2.59. The lowest BCUT2D eigenvalue weighted by atomic mass is 9.87. The number of ether oxygens (including phenoxy) is 3. The molecule has 1 aromatic carbocycles. The molecule has 21 heteroatoms. The largest absolute Gasteiger partial charge is 0.494 e. The number of rotatable bonds is 9. The lowest BCUT2D eigenvalue weighted by molar-refractivity contribution is -0.143. The molecule has 3 heterocycles. The van der Waals surface area contributed by atoms with Crippen LogP contribution in [0.2, 0.25) is 0 Å². The number of methoxy groups -OCH3 is 2. The number of nitrogens with one attached hydrogen (secondary N) is 3. The first-order chi connectivity index (χ1) is 26.7. The number of carbonyl (C=O) groups excluding carboxylic acids is 3. The molecule has 0 unspecified atom stereocenters. The van der Waals surface area contributed by atoms with Crippen molar-refractivity contribution >= 4 is 44.9 Å². The Kier molecular flexibility index (Phi) is 11.4. The maximum atomic E-state index is 14.5. The Labute approximate surface area is 325 Å². The number of fused-ring (bicyclic) bond motifs is 3. The van der Waals surface area contributed by atoms with Crippen molar-refractivity contribution in [3.63, 3.8) is 0 Å². The number of sulfonamides is 1.